The smallest absolute Gasteiger partial charge is 0.179 e. The molecule has 5 heteroatoms. The summed E-state index contributed by atoms with van der Waals surface area (Å²) >= 11 is 6.16. The van der Waals surface area contributed by atoms with E-state index in [2.05, 4.69) is 0 Å². The van der Waals surface area contributed by atoms with E-state index >= 15 is 0 Å². The molecule has 3 N–H and O–H groups in total. The summed E-state index contributed by atoms with van der Waals surface area (Å²) in [5.74, 6) is 1.71. The zero-order chi connectivity index (χ0) is 13.1. The number of ether oxygens (including phenoxy) is 2. The topological polar surface area (TPSA) is 64.7 Å². The van der Waals surface area contributed by atoms with Crippen LogP contribution in [-0.2, 0) is 0 Å². The van der Waals surface area contributed by atoms with Crippen molar-refractivity contribution in [2.75, 3.05) is 20.3 Å². The maximum Gasteiger partial charge on any atom is 0.179 e. The molecule has 1 aromatic rings. The predicted molar refractivity (Wildman–Crippen MR) is 70.2 cm³/mol. The maximum absolute atomic E-state index is 9.71. The van der Waals surface area contributed by atoms with Crippen LogP contribution in [-0.4, -0.2) is 25.4 Å². The first-order valence-corrected chi connectivity index (χ1v) is 6.41. The van der Waals surface area contributed by atoms with E-state index < -0.39 is 6.10 Å². The van der Waals surface area contributed by atoms with Gasteiger partial charge in [0.1, 0.15) is 0 Å². The molecule has 1 aromatic carbocycles. The van der Waals surface area contributed by atoms with Crippen molar-refractivity contribution in [1.29, 1.82) is 0 Å². The second-order valence-corrected chi connectivity index (χ2v) is 4.95. The number of aliphatic hydroxyl groups excluding tert-OH is 1. The standard InChI is InChI=1S/C13H18ClNO3/c1-17-12-5-9(11(16)6-15)4-10(14)13(12)18-7-8-2-3-8/h4-5,8,11,16H,2-3,6-7,15H2,1H3. The van der Waals surface area contributed by atoms with Crippen LogP contribution in [0.5, 0.6) is 11.5 Å². The molecule has 1 unspecified atom stereocenters. The number of aliphatic hydroxyl groups is 1. The highest BCUT2D eigenvalue weighted by molar-refractivity contribution is 6.32. The normalized spacial score (nSPS) is 16.4. The van der Waals surface area contributed by atoms with Crippen LogP contribution in [0.2, 0.25) is 5.02 Å². The van der Waals surface area contributed by atoms with Crippen molar-refractivity contribution in [2.45, 2.75) is 18.9 Å². The van der Waals surface area contributed by atoms with Gasteiger partial charge in [0.25, 0.3) is 0 Å². The van der Waals surface area contributed by atoms with Crippen LogP contribution >= 0.6 is 11.6 Å². The number of methoxy groups -OCH3 is 1. The molecule has 1 atom stereocenters. The number of halogens is 1. The van der Waals surface area contributed by atoms with Crippen molar-refractivity contribution in [3.8, 4) is 11.5 Å². The number of hydrogen-bond donors (Lipinski definition) is 2. The lowest BCUT2D eigenvalue weighted by Crippen LogP contribution is -2.12. The van der Waals surface area contributed by atoms with Crippen LogP contribution in [0.3, 0.4) is 0 Å². The minimum Gasteiger partial charge on any atom is -0.493 e. The summed E-state index contributed by atoms with van der Waals surface area (Å²) in [5, 5.41) is 10.2. The molecule has 0 bridgehead atoms. The Kier molecular flexibility index (Phi) is 4.32. The molecular weight excluding hydrogens is 254 g/mol. The van der Waals surface area contributed by atoms with E-state index in [1.54, 1.807) is 19.2 Å². The van der Waals surface area contributed by atoms with E-state index in [9.17, 15) is 5.11 Å². The zero-order valence-corrected chi connectivity index (χ0v) is 11.1. The van der Waals surface area contributed by atoms with Crippen molar-refractivity contribution in [1.82, 2.24) is 0 Å². The van der Waals surface area contributed by atoms with Crippen LogP contribution < -0.4 is 15.2 Å². The van der Waals surface area contributed by atoms with E-state index in [0.29, 0.717) is 34.6 Å². The summed E-state index contributed by atoms with van der Waals surface area (Å²) in [6, 6.07) is 3.38. The highest BCUT2D eigenvalue weighted by atomic mass is 35.5. The third kappa shape index (κ3) is 3.07. The van der Waals surface area contributed by atoms with Gasteiger partial charge in [-0.05, 0) is 36.5 Å². The Morgan fingerprint density at radius 1 is 1.50 bits per heavy atom. The Balaban J connectivity index is 2.21. The Morgan fingerprint density at radius 3 is 2.78 bits per heavy atom. The minimum absolute atomic E-state index is 0.141. The van der Waals surface area contributed by atoms with Gasteiger partial charge < -0.3 is 20.3 Å². The fourth-order valence-corrected chi connectivity index (χ4v) is 1.97. The minimum atomic E-state index is -0.742. The summed E-state index contributed by atoms with van der Waals surface area (Å²) in [6.07, 6.45) is 1.68. The highest BCUT2D eigenvalue weighted by Gasteiger charge is 2.24. The summed E-state index contributed by atoms with van der Waals surface area (Å²) in [4.78, 5) is 0. The number of nitrogens with two attached hydrogens (primary N) is 1. The molecule has 2 rings (SSSR count). The lowest BCUT2D eigenvalue weighted by molar-refractivity contribution is 0.186. The number of hydrogen-bond acceptors (Lipinski definition) is 4. The molecule has 0 radical (unpaired) electrons. The van der Waals surface area contributed by atoms with Crippen LogP contribution in [0.15, 0.2) is 12.1 Å². The molecule has 0 aliphatic heterocycles. The Hall–Kier alpha value is -0.970. The van der Waals surface area contributed by atoms with E-state index in [-0.39, 0.29) is 6.54 Å². The molecule has 1 aliphatic carbocycles. The van der Waals surface area contributed by atoms with E-state index in [0.717, 1.165) is 0 Å². The summed E-state index contributed by atoms with van der Waals surface area (Å²) in [6.45, 7) is 0.802. The lowest BCUT2D eigenvalue weighted by atomic mass is 10.1. The van der Waals surface area contributed by atoms with Gasteiger partial charge in [-0.3, -0.25) is 0 Å². The SMILES string of the molecule is COc1cc(C(O)CN)cc(Cl)c1OCC1CC1. The van der Waals surface area contributed by atoms with E-state index in [4.69, 9.17) is 26.8 Å². The second-order valence-electron chi connectivity index (χ2n) is 4.54. The third-order valence-corrected chi connectivity index (χ3v) is 3.30. The van der Waals surface area contributed by atoms with Crippen LogP contribution in [0.25, 0.3) is 0 Å². The molecule has 1 aliphatic rings. The van der Waals surface area contributed by atoms with Crippen molar-refractivity contribution >= 4 is 11.6 Å². The monoisotopic (exact) mass is 271 g/mol. The average Bonchev–Trinajstić information content (AvgIpc) is 3.19. The molecule has 100 valence electrons. The lowest BCUT2D eigenvalue weighted by Gasteiger charge is -2.16. The van der Waals surface area contributed by atoms with Crippen LogP contribution in [0, 0.1) is 5.92 Å². The summed E-state index contributed by atoms with van der Waals surface area (Å²) in [5.41, 5.74) is 6.06. The molecule has 1 saturated carbocycles. The molecular formula is C13H18ClNO3. The largest absolute Gasteiger partial charge is 0.493 e. The number of rotatable bonds is 6. The third-order valence-electron chi connectivity index (χ3n) is 3.02. The molecule has 18 heavy (non-hydrogen) atoms. The molecule has 1 fully saturated rings. The van der Waals surface area contributed by atoms with Gasteiger partial charge in [0.2, 0.25) is 0 Å². The fraction of sp³-hybridized carbons (Fsp3) is 0.538. The van der Waals surface area contributed by atoms with Gasteiger partial charge in [-0.2, -0.15) is 0 Å². The molecule has 0 amide bonds. The van der Waals surface area contributed by atoms with Gasteiger partial charge >= 0.3 is 0 Å². The molecule has 0 saturated heterocycles. The fourth-order valence-electron chi connectivity index (χ4n) is 1.69. The van der Waals surface area contributed by atoms with Crippen LogP contribution in [0.4, 0.5) is 0 Å². The quantitative estimate of drug-likeness (QED) is 0.832. The van der Waals surface area contributed by atoms with Gasteiger partial charge in [-0.15, -0.1) is 0 Å². The zero-order valence-electron chi connectivity index (χ0n) is 10.4. The van der Waals surface area contributed by atoms with Crippen molar-refractivity contribution in [2.24, 2.45) is 11.7 Å². The Labute approximate surface area is 112 Å². The average molecular weight is 272 g/mol. The summed E-state index contributed by atoms with van der Waals surface area (Å²) in [7, 11) is 1.55. The van der Waals surface area contributed by atoms with Crippen LogP contribution in [0.1, 0.15) is 24.5 Å². The molecule has 0 heterocycles. The second kappa shape index (κ2) is 5.78. The van der Waals surface area contributed by atoms with Gasteiger partial charge in [-0.25, -0.2) is 0 Å². The van der Waals surface area contributed by atoms with Crippen molar-refractivity contribution < 1.29 is 14.6 Å². The first kappa shape index (κ1) is 13.5. The highest BCUT2D eigenvalue weighted by Crippen LogP contribution is 2.39. The first-order valence-electron chi connectivity index (χ1n) is 6.04. The number of benzene rings is 1. The van der Waals surface area contributed by atoms with Crippen molar-refractivity contribution in [3.63, 3.8) is 0 Å². The molecule has 0 spiro atoms. The predicted octanol–water partition coefficient (Wildman–Crippen LogP) is 2.13. The first-order chi connectivity index (χ1) is 8.65. The van der Waals surface area contributed by atoms with Gasteiger partial charge in [0.05, 0.1) is 24.8 Å². The van der Waals surface area contributed by atoms with E-state index in [1.165, 1.54) is 12.8 Å². The van der Waals surface area contributed by atoms with Crippen molar-refractivity contribution in [3.05, 3.63) is 22.7 Å². The Morgan fingerprint density at radius 2 is 2.22 bits per heavy atom. The maximum atomic E-state index is 9.71. The van der Waals surface area contributed by atoms with Gasteiger partial charge in [0, 0.05) is 6.54 Å². The van der Waals surface area contributed by atoms with Gasteiger partial charge in [-0.1, -0.05) is 11.6 Å². The molecule has 4 nitrogen and oxygen atoms in total. The Bertz CT molecular complexity index is 421. The van der Waals surface area contributed by atoms with E-state index in [1.807, 2.05) is 0 Å². The summed E-state index contributed by atoms with van der Waals surface area (Å²) < 4.78 is 10.9. The van der Waals surface area contributed by atoms with Gasteiger partial charge in [0.15, 0.2) is 11.5 Å². The molecule has 0 aromatic heterocycles.